The molecule has 0 aliphatic carbocycles. The molecule has 0 amide bonds. The van der Waals surface area contributed by atoms with Crippen LogP contribution < -0.4 is 5.73 Å². The number of allylic oxidation sites excluding steroid dienone is 2. The van der Waals surface area contributed by atoms with Gasteiger partial charge in [0.15, 0.2) is 0 Å². The van der Waals surface area contributed by atoms with Crippen molar-refractivity contribution in [2.24, 2.45) is 0 Å². The van der Waals surface area contributed by atoms with Crippen LogP contribution in [0, 0.1) is 11.3 Å². The van der Waals surface area contributed by atoms with E-state index in [0.717, 1.165) is 22.0 Å². The second kappa shape index (κ2) is 11.6. The van der Waals surface area contributed by atoms with Gasteiger partial charge in [0.25, 0.3) is 0 Å². The number of anilines is 1. The van der Waals surface area contributed by atoms with Crippen molar-refractivity contribution in [3.05, 3.63) is 77.4 Å². The highest BCUT2D eigenvalue weighted by atomic mass is 35.5. The van der Waals surface area contributed by atoms with Gasteiger partial charge in [-0.05, 0) is 30.7 Å². The summed E-state index contributed by atoms with van der Waals surface area (Å²) in [6, 6.07) is 9.51. The Morgan fingerprint density at radius 2 is 2.00 bits per heavy atom. The van der Waals surface area contributed by atoms with Gasteiger partial charge in [0.1, 0.15) is 6.07 Å². The summed E-state index contributed by atoms with van der Waals surface area (Å²) in [6.45, 7) is 13.2. The molecule has 0 bridgehead atoms. The van der Waals surface area contributed by atoms with Crippen molar-refractivity contribution in [2.45, 2.75) is 33.6 Å². The van der Waals surface area contributed by atoms with Crippen LogP contribution in [0.5, 0.6) is 0 Å². The molecular formula is C22H25ClN4O. The van der Waals surface area contributed by atoms with Gasteiger partial charge in [0.05, 0.1) is 10.5 Å². The molecule has 3 aromatic rings. The first-order chi connectivity index (χ1) is 13.3. The zero-order valence-corrected chi connectivity index (χ0v) is 17.3. The summed E-state index contributed by atoms with van der Waals surface area (Å²) < 4.78 is 5.25. The van der Waals surface area contributed by atoms with Crippen LogP contribution in [0.2, 0.25) is 5.02 Å². The van der Waals surface area contributed by atoms with E-state index in [4.69, 9.17) is 27.0 Å². The Morgan fingerprint density at radius 1 is 1.36 bits per heavy atom. The SMILES string of the molecule is C=CC(=C)C.CCC.N#Cc1nc(Cc2ccc3ncc(Cl)cc3c2)oc1N. The number of hydrogen-bond acceptors (Lipinski definition) is 5. The van der Waals surface area contributed by atoms with Crippen molar-refractivity contribution in [2.75, 3.05) is 5.73 Å². The quantitative estimate of drug-likeness (QED) is 0.541. The summed E-state index contributed by atoms with van der Waals surface area (Å²) in [7, 11) is 0. The van der Waals surface area contributed by atoms with Gasteiger partial charge < -0.3 is 10.2 Å². The fourth-order valence-corrected chi connectivity index (χ4v) is 2.14. The molecule has 0 spiro atoms. The van der Waals surface area contributed by atoms with E-state index < -0.39 is 0 Å². The second-order valence-corrected chi connectivity index (χ2v) is 6.48. The lowest BCUT2D eigenvalue weighted by atomic mass is 10.1. The van der Waals surface area contributed by atoms with E-state index in [-0.39, 0.29) is 11.6 Å². The number of nitrogen functional groups attached to an aromatic ring is 1. The molecule has 0 aliphatic rings. The molecule has 0 unspecified atom stereocenters. The third-order valence-corrected chi connectivity index (χ3v) is 3.43. The van der Waals surface area contributed by atoms with Crippen molar-refractivity contribution in [1.82, 2.24) is 9.97 Å². The molecule has 2 aromatic heterocycles. The van der Waals surface area contributed by atoms with E-state index in [9.17, 15) is 0 Å². The number of fused-ring (bicyclic) bond motifs is 1. The average Bonchev–Trinajstić information content (AvgIpc) is 3.01. The van der Waals surface area contributed by atoms with E-state index in [0.29, 0.717) is 17.3 Å². The van der Waals surface area contributed by atoms with Crippen molar-refractivity contribution >= 4 is 28.4 Å². The number of hydrogen-bond donors (Lipinski definition) is 1. The largest absolute Gasteiger partial charge is 0.424 e. The lowest BCUT2D eigenvalue weighted by Gasteiger charge is -2.01. The standard InChI is InChI=1S/C14H9ClN4O.C5H8.C3H8/c15-10-5-9-3-8(1-2-11(9)18-7-10)4-13-19-12(6-16)14(17)20-13;1-4-5(2)3;1-3-2/h1-3,5,7H,4,17H2;4H,1-2H2,3H3;3H2,1-2H3. The lowest BCUT2D eigenvalue weighted by Crippen LogP contribution is -1.89. The van der Waals surface area contributed by atoms with Crippen LogP contribution in [0.1, 0.15) is 44.3 Å². The Labute approximate surface area is 171 Å². The zero-order valence-electron chi connectivity index (χ0n) is 16.5. The molecule has 146 valence electrons. The number of pyridine rings is 1. The van der Waals surface area contributed by atoms with Crippen molar-refractivity contribution < 1.29 is 4.42 Å². The minimum absolute atomic E-state index is 0.0491. The predicted molar refractivity (Wildman–Crippen MR) is 116 cm³/mol. The lowest BCUT2D eigenvalue weighted by molar-refractivity contribution is 0.523. The fraction of sp³-hybridized carbons (Fsp3) is 0.227. The summed E-state index contributed by atoms with van der Waals surface area (Å²) >= 11 is 5.93. The van der Waals surface area contributed by atoms with Crippen LogP contribution in [0.15, 0.2) is 59.7 Å². The third-order valence-electron chi connectivity index (χ3n) is 3.22. The first kappa shape index (κ1) is 22.9. The summed E-state index contributed by atoms with van der Waals surface area (Å²) in [5.74, 6) is 0.460. The molecule has 6 heteroatoms. The molecule has 0 atom stereocenters. The number of nitriles is 1. The molecule has 3 rings (SSSR count). The summed E-state index contributed by atoms with van der Waals surface area (Å²) in [5, 5.41) is 10.3. The van der Waals surface area contributed by atoms with Gasteiger partial charge in [-0.3, -0.25) is 4.98 Å². The van der Waals surface area contributed by atoms with Gasteiger partial charge >= 0.3 is 0 Å². The van der Waals surface area contributed by atoms with Crippen LogP contribution in [-0.2, 0) is 6.42 Å². The predicted octanol–water partition coefficient (Wildman–Crippen LogP) is 6.09. The molecule has 0 saturated heterocycles. The molecule has 2 heterocycles. The van der Waals surface area contributed by atoms with Gasteiger partial charge in [-0.15, -0.1) is 0 Å². The highest BCUT2D eigenvalue weighted by Crippen LogP contribution is 2.21. The Balaban J connectivity index is 0.000000421. The Morgan fingerprint density at radius 3 is 2.54 bits per heavy atom. The van der Waals surface area contributed by atoms with Crippen LogP contribution in [0.25, 0.3) is 10.9 Å². The number of rotatable bonds is 3. The number of oxazole rings is 1. The van der Waals surface area contributed by atoms with E-state index >= 15 is 0 Å². The number of nitrogens with two attached hydrogens (primary N) is 1. The van der Waals surface area contributed by atoms with Crippen LogP contribution in [-0.4, -0.2) is 9.97 Å². The van der Waals surface area contributed by atoms with Gasteiger partial charge in [-0.2, -0.15) is 5.26 Å². The minimum Gasteiger partial charge on any atom is -0.424 e. The number of halogens is 1. The highest BCUT2D eigenvalue weighted by molar-refractivity contribution is 6.31. The molecular weight excluding hydrogens is 372 g/mol. The Kier molecular flexibility index (Phi) is 9.49. The van der Waals surface area contributed by atoms with Crippen molar-refractivity contribution in [3.8, 4) is 6.07 Å². The molecule has 0 saturated carbocycles. The molecule has 0 radical (unpaired) electrons. The number of nitrogens with zero attached hydrogens (tertiary/aromatic N) is 3. The Bertz CT molecular complexity index is 986. The molecule has 5 nitrogen and oxygen atoms in total. The monoisotopic (exact) mass is 396 g/mol. The summed E-state index contributed by atoms with van der Waals surface area (Å²) in [6.07, 6.45) is 5.03. The highest BCUT2D eigenvalue weighted by Gasteiger charge is 2.10. The van der Waals surface area contributed by atoms with Gasteiger partial charge in [-0.25, -0.2) is 4.98 Å². The summed E-state index contributed by atoms with van der Waals surface area (Å²) in [4.78, 5) is 8.25. The third kappa shape index (κ3) is 7.26. The van der Waals surface area contributed by atoms with Gasteiger partial charge in [0.2, 0.25) is 17.5 Å². The topological polar surface area (TPSA) is 88.7 Å². The van der Waals surface area contributed by atoms with Gasteiger partial charge in [0, 0.05) is 18.0 Å². The zero-order chi connectivity index (χ0) is 21.1. The maximum atomic E-state index is 8.79. The average molecular weight is 397 g/mol. The molecule has 28 heavy (non-hydrogen) atoms. The molecule has 0 fully saturated rings. The van der Waals surface area contributed by atoms with E-state index in [1.54, 1.807) is 12.3 Å². The summed E-state index contributed by atoms with van der Waals surface area (Å²) in [5.41, 5.74) is 8.51. The minimum atomic E-state index is 0.0491. The number of aromatic nitrogens is 2. The maximum Gasteiger partial charge on any atom is 0.229 e. The molecule has 2 N–H and O–H groups in total. The number of benzene rings is 1. The molecule has 1 aromatic carbocycles. The fourth-order valence-electron chi connectivity index (χ4n) is 1.97. The van der Waals surface area contributed by atoms with E-state index in [1.165, 1.54) is 6.42 Å². The Hall–Kier alpha value is -3.10. The second-order valence-electron chi connectivity index (χ2n) is 6.05. The smallest absolute Gasteiger partial charge is 0.229 e. The van der Waals surface area contributed by atoms with Crippen molar-refractivity contribution in [3.63, 3.8) is 0 Å². The van der Waals surface area contributed by atoms with E-state index in [2.05, 4.69) is 37.0 Å². The first-order valence-corrected chi connectivity index (χ1v) is 9.19. The normalized spacial score (nSPS) is 9.39. The van der Waals surface area contributed by atoms with Crippen molar-refractivity contribution in [1.29, 1.82) is 5.26 Å². The van der Waals surface area contributed by atoms with Gasteiger partial charge in [-0.1, -0.05) is 62.7 Å². The van der Waals surface area contributed by atoms with Crippen LogP contribution in [0.3, 0.4) is 0 Å². The maximum absolute atomic E-state index is 8.79. The van der Waals surface area contributed by atoms with Crippen LogP contribution in [0.4, 0.5) is 5.88 Å². The van der Waals surface area contributed by atoms with Crippen LogP contribution >= 0.6 is 11.6 Å². The molecule has 0 aliphatic heterocycles. The first-order valence-electron chi connectivity index (χ1n) is 8.81. The van der Waals surface area contributed by atoms with E-state index in [1.807, 2.05) is 37.3 Å².